The number of hydrogen-bond donors (Lipinski definition) is 0. The van der Waals surface area contributed by atoms with Crippen LogP contribution in [0.4, 0.5) is 0 Å². The topological polar surface area (TPSA) is 30.7 Å². The summed E-state index contributed by atoms with van der Waals surface area (Å²) in [5.74, 6) is 1.90. The fraction of sp³-hybridized carbons (Fsp3) is 0.333. The van der Waals surface area contributed by atoms with Crippen LogP contribution in [0.15, 0.2) is 47.5 Å². The standard InChI is InChI=1S/C21H23N3S2/c1-3-11-24-20(18-14-25-19-10-5-4-9-17(18)19)22-23-21(24)26-13-16-8-6-7-15(2)12-16/h3,6-8,12,14H,1,4-5,9-11,13H2,2H3. The van der Waals surface area contributed by atoms with Crippen LogP contribution in [0.2, 0.25) is 0 Å². The lowest BCUT2D eigenvalue weighted by atomic mass is 9.95. The number of aryl methyl sites for hydroxylation is 2. The molecule has 134 valence electrons. The highest BCUT2D eigenvalue weighted by Crippen LogP contribution is 2.37. The average Bonchev–Trinajstić information content (AvgIpc) is 3.24. The van der Waals surface area contributed by atoms with Gasteiger partial charge in [-0.1, -0.05) is 47.7 Å². The van der Waals surface area contributed by atoms with Gasteiger partial charge in [0.25, 0.3) is 0 Å². The number of thiophene rings is 1. The minimum absolute atomic E-state index is 0.739. The van der Waals surface area contributed by atoms with Gasteiger partial charge in [0.15, 0.2) is 11.0 Å². The fourth-order valence-corrected chi connectivity index (χ4v) is 5.53. The first kappa shape index (κ1) is 17.6. The molecule has 0 fully saturated rings. The zero-order valence-electron chi connectivity index (χ0n) is 15.1. The molecule has 0 radical (unpaired) electrons. The number of allylic oxidation sites excluding steroid dienone is 1. The Morgan fingerprint density at radius 2 is 2.15 bits per heavy atom. The molecular weight excluding hydrogens is 358 g/mol. The predicted octanol–water partition coefficient (Wildman–Crippen LogP) is 5.67. The first-order valence-electron chi connectivity index (χ1n) is 9.08. The highest BCUT2D eigenvalue weighted by atomic mass is 32.2. The molecule has 1 aliphatic rings. The number of nitrogens with zero attached hydrogens (tertiary/aromatic N) is 3. The number of thioether (sulfide) groups is 1. The van der Waals surface area contributed by atoms with Crippen LogP contribution in [-0.2, 0) is 25.1 Å². The largest absolute Gasteiger partial charge is 0.298 e. The van der Waals surface area contributed by atoms with Crippen LogP contribution in [0.3, 0.4) is 0 Å². The van der Waals surface area contributed by atoms with E-state index in [1.165, 1.54) is 52.8 Å². The Kier molecular flexibility index (Phi) is 5.27. The molecule has 3 aromatic rings. The molecule has 3 nitrogen and oxygen atoms in total. The van der Waals surface area contributed by atoms with Crippen molar-refractivity contribution in [3.63, 3.8) is 0 Å². The third kappa shape index (κ3) is 3.51. The Hall–Kier alpha value is -1.85. The Bertz CT molecular complexity index is 923. The van der Waals surface area contributed by atoms with Crippen molar-refractivity contribution in [1.29, 1.82) is 0 Å². The second-order valence-electron chi connectivity index (χ2n) is 6.74. The van der Waals surface area contributed by atoms with Crippen molar-refractivity contribution < 1.29 is 0 Å². The van der Waals surface area contributed by atoms with Crippen LogP contribution in [0.25, 0.3) is 11.4 Å². The highest BCUT2D eigenvalue weighted by molar-refractivity contribution is 7.98. The number of fused-ring (bicyclic) bond motifs is 1. The Labute approximate surface area is 163 Å². The van der Waals surface area contributed by atoms with E-state index < -0.39 is 0 Å². The van der Waals surface area contributed by atoms with Crippen molar-refractivity contribution in [2.75, 3.05) is 0 Å². The van der Waals surface area contributed by atoms with E-state index in [1.807, 2.05) is 17.4 Å². The van der Waals surface area contributed by atoms with Crippen LogP contribution < -0.4 is 0 Å². The molecule has 0 atom stereocenters. The molecule has 5 heteroatoms. The van der Waals surface area contributed by atoms with Gasteiger partial charge in [-0.05, 0) is 43.7 Å². The van der Waals surface area contributed by atoms with Gasteiger partial charge in [-0.3, -0.25) is 4.57 Å². The lowest BCUT2D eigenvalue weighted by molar-refractivity contribution is 0.694. The third-order valence-electron chi connectivity index (χ3n) is 4.78. The normalized spacial score (nSPS) is 13.6. The summed E-state index contributed by atoms with van der Waals surface area (Å²) in [6, 6.07) is 8.65. The summed E-state index contributed by atoms with van der Waals surface area (Å²) in [5, 5.41) is 12.3. The predicted molar refractivity (Wildman–Crippen MR) is 111 cm³/mol. The second-order valence-corrected chi connectivity index (χ2v) is 8.65. The summed E-state index contributed by atoms with van der Waals surface area (Å²) in [6.45, 7) is 6.80. The van der Waals surface area contributed by atoms with Crippen LogP contribution in [0, 0.1) is 6.92 Å². The minimum atomic E-state index is 0.739. The monoisotopic (exact) mass is 381 g/mol. The van der Waals surface area contributed by atoms with E-state index in [0.29, 0.717) is 0 Å². The maximum Gasteiger partial charge on any atom is 0.192 e. The number of rotatable bonds is 6. The maximum atomic E-state index is 4.57. The molecule has 26 heavy (non-hydrogen) atoms. The van der Waals surface area contributed by atoms with Gasteiger partial charge >= 0.3 is 0 Å². The summed E-state index contributed by atoms with van der Waals surface area (Å²) in [5.41, 5.74) is 5.38. The van der Waals surface area contributed by atoms with Gasteiger partial charge in [-0.2, -0.15) is 0 Å². The zero-order chi connectivity index (χ0) is 17.9. The van der Waals surface area contributed by atoms with Crippen LogP contribution in [0.5, 0.6) is 0 Å². The molecule has 1 aromatic carbocycles. The lowest BCUT2D eigenvalue weighted by Gasteiger charge is -2.13. The molecule has 4 rings (SSSR count). The number of aromatic nitrogens is 3. The van der Waals surface area contributed by atoms with Crippen LogP contribution in [-0.4, -0.2) is 14.8 Å². The van der Waals surface area contributed by atoms with Gasteiger partial charge in [0.2, 0.25) is 0 Å². The average molecular weight is 382 g/mol. The Morgan fingerprint density at radius 1 is 1.27 bits per heavy atom. The highest BCUT2D eigenvalue weighted by Gasteiger charge is 2.21. The first-order chi connectivity index (χ1) is 12.8. The molecule has 0 spiro atoms. The zero-order valence-corrected chi connectivity index (χ0v) is 16.7. The quantitative estimate of drug-likeness (QED) is 0.407. The van der Waals surface area contributed by atoms with Gasteiger partial charge in [0.05, 0.1) is 0 Å². The van der Waals surface area contributed by atoms with E-state index >= 15 is 0 Å². The SMILES string of the molecule is C=CCn1c(SCc2cccc(C)c2)nnc1-c1csc2c1CCCC2. The summed E-state index contributed by atoms with van der Waals surface area (Å²) >= 11 is 3.63. The van der Waals surface area contributed by atoms with Crippen LogP contribution >= 0.6 is 23.1 Å². The molecule has 0 N–H and O–H groups in total. The van der Waals surface area contributed by atoms with Gasteiger partial charge in [0, 0.05) is 28.1 Å². The summed E-state index contributed by atoms with van der Waals surface area (Å²) < 4.78 is 2.21. The lowest BCUT2D eigenvalue weighted by Crippen LogP contribution is -2.04. The van der Waals surface area contributed by atoms with E-state index in [9.17, 15) is 0 Å². The summed E-state index contributed by atoms with van der Waals surface area (Å²) in [4.78, 5) is 1.54. The van der Waals surface area contributed by atoms with Crippen molar-refractivity contribution in [3.05, 3.63) is 63.9 Å². The summed E-state index contributed by atoms with van der Waals surface area (Å²) in [6.07, 6.45) is 6.90. The molecule has 2 heterocycles. The van der Waals surface area contributed by atoms with Crippen LogP contribution in [0.1, 0.15) is 34.4 Å². The second kappa shape index (κ2) is 7.80. The molecule has 1 aliphatic carbocycles. The molecule has 2 aromatic heterocycles. The van der Waals surface area contributed by atoms with Gasteiger partial charge in [0.1, 0.15) is 0 Å². The smallest absolute Gasteiger partial charge is 0.192 e. The van der Waals surface area contributed by atoms with Crippen molar-refractivity contribution in [1.82, 2.24) is 14.8 Å². The molecule has 0 saturated heterocycles. The molecule has 0 bridgehead atoms. The molecule has 0 aliphatic heterocycles. The van der Waals surface area contributed by atoms with Crippen molar-refractivity contribution in [2.24, 2.45) is 0 Å². The van der Waals surface area contributed by atoms with E-state index in [1.54, 1.807) is 11.8 Å². The Morgan fingerprint density at radius 3 is 3.00 bits per heavy atom. The van der Waals surface area contributed by atoms with Crippen molar-refractivity contribution in [3.8, 4) is 11.4 Å². The third-order valence-corrected chi connectivity index (χ3v) is 6.91. The molecule has 0 saturated carbocycles. The van der Waals surface area contributed by atoms with Crippen molar-refractivity contribution >= 4 is 23.1 Å². The van der Waals surface area contributed by atoms with E-state index in [0.717, 1.165) is 23.3 Å². The van der Waals surface area contributed by atoms with E-state index in [4.69, 9.17) is 0 Å². The van der Waals surface area contributed by atoms with E-state index in [-0.39, 0.29) is 0 Å². The van der Waals surface area contributed by atoms with Gasteiger partial charge in [-0.25, -0.2) is 0 Å². The first-order valence-corrected chi connectivity index (χ1v) is 10.9. The Balaban J connectivity index is 1.63. The van der Waals surface area contributed by atoms with Gasteiger partial charge < -0.3 is 0 Å². The molecule has 0 amide bonds. The van der Waals surface area contributed by atoms with Crippen molar-refractivity contribution in [2.45, 2.75) is 50.1 Å². The van der Waals surface area contributed by atoms with Gasteiger partial charge in [-0.15, -0.1) is 28.1 Å². The fourth-order valence-electron chi connectivity index (χ4n) is 3.52. The minimum Gasteiger partial charge on any atom is -0.298 e. The maximum absolute atomic E-state index is 4.57. The molecule has 0 unspecified atom stereocenters. The molecular formula is C21H23N3S2. The van der Waals surface area contributed by atoms with E-state index in [2.05, 4.69) is 57.9 Å². The number of benzene rings is 1. The summed E-state index contributed by atoms with van der Waals surface area (Å²) in [7, 11) is 0. The number of hydrogen-bond acceptors (Lipinski definition) is 4.